The maximum atomic E-state index is 6.08. The molecule has 0 unspecified atom stereocenters. The average molecular weight is 369 g/mol. The summed E-state index contributed by atoms with van der Waals surface area (Å²) in [6.45, 7) is 0. The number of nitrogens with zero attached hydrogens (tertiary/aromatic N) is 1. The number of anilines is 1. The van der Waals surface area contributed by atoms with Gasteiger partial charge in [0.25, 0.3) is 0 Å². The van der Waals surface area contributed by atoms with Crippen LogP contribution in [0, 0.1) is 0 Å². The second-order valence-electron chi connectivity index (χ2n) is 4.23. The lowest BCUT2D eigenvalue weighted by Gasteiger charge is -2.29. The van der Waals surface area contributed by atoms with Gasteiger partial charge in [0.15, 0.2) is 0 Å². The van der Waals surface area contributed by atoms with Crippen molar-refractivity contribution in [1.29, 1.82) is 0 Å². The highest BCUT2D eigenvalue weighted by Crippen LogP contribution is 2.35. The minimum Gasteiger partial charge on any atom is -0.362 e. The Hall–Kier alpha value is 0.200. The Morgan fingerprint density at radius 3 is 2.62 bits per heavy atom. The van der Waals surface area contributed by atoms with E-state index in [2.05, 4.69) is 42.2 Å². The third-order valence-corrected chi connectivity index (χ3v) is 4.56. The van der Waals surface area contributed by atoms with Crippen LogP contribution in [0.4, 0.5) is 5.82 Å². The molecule has 1 heterocycles. The number of hydrogen-bond acceptors (Lipinski definition) is 2. The molecule has 0 amide bonds. The van der Waals surface area contributed by atoms with E-state index in [9.17, 15) is 0 Å². The zero-order valence-corrected chi connectivity index (χ0v) is 12.7. The lowest BCUT2D eigenvalue weighted by molar-refractivity contribution is 0.537. The van der Waals surface area contributed by atoms with Crippen LogP contribution >= 0.6 is 43.5 Å². The molecule has 2 rings (SSSR count). The molecular formula is C11H13Br2ClN2. The van der Waals surface area contributed by atoms with E-state index >= 15 is 0 Å². The summed E-state index contributed by atoms with van der Waals surface area (Å²) < 4.78 is 1.94. The molecule has 1 fully saturated rings. The quantitative estimate of drug-likeness (QED) is 0.791. The van der Waals surface area contributed by atoms with Gasteiger partial charge in [-0.2, -0.15) is 0 Å². The number of halogens is 3. The van der Waals surface area contributed by atoms with Gasteiger partial charge in [0, 0.05) is 16.5 Å². The molecule has 0 saturated heterocycles. The molecule has 0 bridgehead atoms. The molecule has 1 saturated carbocycles. The minimum absolute atomic E-state index is 0.0326. The molecule has 0 spiro atoms. The van der Waals surface area contributed by atoms with Crippen LogP contribution in [0.3, 0.4) is 0 Å². The van der Waals surface area contributed by atoms with E-state index in [1.807, 2.05) is 6.07 Å². The first-order valence-corrected chi connectivity index (χ1v) is 7.42. The maximum Gasteiger partial charge on any atom is 0.140 e. The van der Waals surface area contributed by atoms with Crippen LogP contribution in [0.15, 0.2) is 21.2 Å². The van der Waals surface area contributed by atoms with E-state index in [4.69, 9.17) is 11.6 Å². The molecule has 0 radical (unpaired) electrons. The zero-order chi connectivity index (χ0) is 11.6. The summed E-state index contributed by atoms with van der Waals surface area (Å²) >= 11 is 13.0. The molecule has 0 atom stereocenters. The first kappa shape index (κ1) is 12.7. The maximum absolute atomic E-state index is 6.08. The van der Waals surface area contributed by atoms with Crippen LogP contribution in [0.1, 0.15) is 25.7 Å². The predicted molar refractivity (Wildman–Crippen MR) is 75.2 cm³/mol. The van der Waals surface area contributed by atoms with Crippen molar-refractivity contribution in [3.8, 4) is 0 Å². The molecule has 1 aromatic rings. The fourth-order valence-electron chi connectivity index (χ4n) is 2.10. The summed E-state index contributed by atoms with van der Waals surface area (Å²) in [5.41, 5.74) is 0.0326. The van der Waals surface area contributed by atoms with Crippen molar-refractivity contribution in [2.45, 2.75) is 31.2 Å². The summed E-state index contributed by atoms with van der Waals surface area (Å²) in [5.74, 6) is 1.52. The fraction of sp³-hybridized carbons (Fsp3) is 0.545. The van der Waals surface area contributed by atoms with Gasteiger partial charge in [-0.1, -0.05) is 12.8 Å². The van der Waals surface area contributed by atoms with Crippen molar-refractivity contribution in [3.63, 3.8) is 0 Å². The Balaban J connectivity index is 2.19. The van der Waals surface area contributed by atoms with Crippen LogP contribution in [0.2, 0.25) is 0 Å². The molecule has 0 aromatic carbocycles. The van der Waals surface area contributed by atoms with E-state index in [1.165, 1.54) is 12.8 Å². The second kappa shape index (κ2) is 5.23. The third-order valence-electron chi connectivity index (χ3n) is 3.01. The summed E-state index contributed by atoms with van der Waals surface area (Å²) in [7, 11) is 0. The van der Waals surface area contributed by atoms with Crippen molar-refractivity contribution in [3.05, 3.63) is 21.2 Å². The molecule has 1 aliphatic rings. The average Bonchev–Trinajstić information content (AvgIpc) is 2.72. The van der Waals surface area contributed by atoms with E-state index in [-0.39, 0.29) is 5.54 Å². The molecule has 88 valence electrons. The van der Waals surface area contributed by atoms with Crippen molar-refractivity contribution < 1.29 is 0 Å². The minimum atomic E-state index is 0.0326. The number of hydrogen-bond donors (Lipinski definition) is 1. The van der Waals surface area contributed by atoms with Gasteiger partial charge in [-0.05, 0) is 50.8 Å². The molecule has 16 heavy (non-hydrogen) atoms. The summed E-state index contributed by atoms with van der Waals surface area (Å²) in [6, 6.07) is 1.99. The second-order valence-corrected chi connectivity index (χ2v) is 6.27. The molecule has 2 nitrogen and oxygen atoms in total. The topological polar surface area (TPSA) is 24.9 Å². The Labute approximate surface area is 117 Å². The Morgan fingerprint density at radius 2 is 2.06 bits per heavy atom. The van der Waals surface area contributed by atoms with Gasteiger partial charge in [-0.3, -0.25) is 0 Å². The van der Waals surface area contributed by atoms with E-state index in [0.717, 1.165) is 27.6 Å². The highest BCUT2D eigenvalue weighted by molar-refractivity contribution is 9.11. The van der Waals surface area contributed by atoms with Gasteiger partial charge < -0.3 is 5.32 Å². The number of alkyl halides is 1. The largest absolute Gasteiger partial charge is 0.362 e. The standard InChI is InChI=1S/C11H13Br2ClN2/c12-8-5-9(13)10(15-6-8)16-11(7-14)3-1-2-4-11/h5-6H,1-4,7H2,(H,15,16). The first-order chi connectivity index (χ1) is 7.65. The van der Waals surface area contributed by atoms with Crippen molar-refractivity contribution in [2.24, 2.45) is 0 Å². The van der Waals surface area contributed by atoms with Crippen LogP contribution in [0.5, 0.6) is 0 Å². The molecular weight excluding hydrogens is 355 g/mol. The predicted octanol–water partition coefficient (Wildman–Crippen LogP) is 4.57. The monoisotopic (exact) mass is 366 g/mol. The molecule has 1 aliphatic carbocycles. The zero-order valence-electron chi connectivity index (χ0n) is 8.77. The van der Waals surface area contributed by atoms with Gasteiger partial charge in [-0.15, -0.1) is 11.6 Å². The summed E-state index contributed by atoms with van der Waals surface area (Å²) in [4.78, 5) is 4.37. The highest BCUT2D eigenvalue weighted by Gasteiger charge is 2.33. The van der Waals surface area contributed by atoms with Gasteiger partial charge in [0.1, 0.15) is 5.82 Å². The van der Waals surface area contributed by atoms with Crippen molar-refractivity contribution in [2.75, 3.05) is 11.2 Å². The molecule has 1 N–H and O–H groups in total. The van der Waals surface area contributed by atoms with E-state index < -0.39 is 0 Å². The first-order valence-electron chi connectivity index (χ1n) is 5.30. The Kier molecular flexibility index (Phi) is 4.14. The fourth-order valence-corrected chi connectivity index (χ4v) is 3.52. The van der Waals surface area contributed by atoms with Gasteiger partial charge in [-0.25, -0.2) is 4.98 Å². The van der Waals surface area contributed by atoms with E-state index in [0.29, 0.717) is 5.88 Å². The van der Waals surface area contributed by atoms with Crippen LogP contribution in [-0.4, -0.2) is 16.4 Å². The lowest BCUT2D eigenvalue weighted by Crippen LogP contribution is -2.37. The van der Waals surface area contributed by atoms with Crippen molar-refractivity contribution >= 4 is 49.3 Å². The number of pyridine rings is 1. The normalized spacial score (nSPS) is 18.7. The molecule has 1 aromatic heterocycles. The smallest absolute Gasteiger partial charge is 0.140 e. The highest BCUT2D eigenvalue weighted by atomic mass is 79.9. The van der Waals surface area contributed by atoms with Crippen LogP contribution in [-0.2, 0) is 0 Å². The van der Waals surface area contributed by atoms with Crippen LogP contribution < -0.4 is 5.32 Å². The van der Waals surface area contributed by atoms with E-state index in [1.54, 1.807) is 6.20 Å². The summed E-state index contributed by atoms with van der Waals surface area (Å²) in [6.07, 6.45) is 6.53. The molecule has 0 aliphatic heterocycles. The van der Waals surface area contributed by atoms with Gasteiger partial charge in [0.2, 0.25) is 0 Å². The lowest BCUT2D eigenvalue weighted by atomic mass is 10.0. The SMILES string of the molecule is ClCC1(Nc2ncc(Br)cc2Br)CCCC1. The van der Waals surface area contributed by atoms with Crippen LogP contribution in [0.25, 0.3) is 0 Å². The summed E-state index contributed by atoms with van der Waals surface area (Å²) in [5, 5.41) is 3.49. The third kappa shape index (κ3) is 2.71. The number of nitrogens with one attached hydrogen (secondary N) is 1. The number of aromatic nitrogens is 1. The van der Waals surface area contributed by atoms with Gasteiger partial charge in [0.05, 0.1) is 10.0 Å². The Morgan fingerprint density at radius 1 is 1.38 bits per heavy atom. The molecule has 5 heteroatoms. The van der Waals surface area contributed by atoms with Crippen molar-refractivity contribution in [1.82, 2.24) is 4.98 Å². The Bertz CT molecular complexity index is 378. The van der Waals surface area contributed by atoms with Gasteiger partial charge >= 0.3 is 0 Å². The number of rotatable bonds is 3.